The van der Waals surface area contributed by atoms with Crippen molar-refractivity contribution in [1.82, 2.24) is 24.8 Å². The summed E-state index contributed by atoms with van der Waals surface area (Å²) in [5.74, 6) is -0.491. The highest BCUT2D eigenvalue weighted by molar-refractivity contribution is 7.92. The van der Waals surface area contributed by atoms with Gasteiger partial charge in [-0.25, -0.2) is 18.4 Å². The van der Waals surface area contributed by atoms with Crippen LogP contribution in [0.15, 0.2) is 42.7 Å². The lowest BCUT2D eigenvalue weighted by Crippen LogP contribution is -2.50. The van der Waals surface area contributed by atoms with Crippen molar-refractivity contribution in [3.8, 4) is 5.75 Å². The molecule has 2 aliphatic heterocycles. The quantitative estimate of drug-likeness (QED) is 0.325. The number of ether oxygens (including phenoxy) is 2. The molecular weight excluding hydrogens is 641 g/mol. The second-order valence-corrected chi connectivity index (χ2v) is 13.2. The third-order valence-corrected chi connectivity index (χ3v) is 9.38. The molecule has 254 valence electrons. The average molecular weight is 679 g/mol. The van der Waals surface area contributed by atoms with Gasteiger partial charge in [0.05, 0.1) is 32.3 Å². The molecule has 0 unspecified atom stereocenters. The number of hydrogen-bond donors (Lipinski definition) is 2. The molecule has 0 atom stereocenters. The van der Waals surface area contributed by atoms with Gasteiger partial charge in [-0.1, -0.05) is 6.07 Å². The van der Waals surface area contributed by atoms with Crippen molar-refractivity contribution < 1.29 is 35.9 Å². The summed E-state index contributed by atoms with van der Waals surface area (Å²) in [6, 6.07) is 8.29. The molecule has 0 spiro atoms. The van der Waals surface area contributed by atoms with Gasteiger partial charge in [0.15, 0.2) is 0 Å². The summed E-state index contributed by atoms with van der Waals surface area (Å²) >= 11 is 0. The van der Waals surface area contributed by atoms with Crippen LogP contribution >= 0.6 is 0 Å². The number of rotatable bonds is 10. The number of likely N-dealkylation sites (tertiary alicyclic amines) is 1. The Labute approximate surface area is 271 Å². The Hall–Kier alpha value is -4.22. The van der Waals surface area contributed by atoms with Gasteiger partial charge in [0.2, 0.25) is 16.0 Å². The van der Waals surface area contributed by atoms with Gasteiger partial charge in [-0.15, -0.1) is 0 Å². The number of aromatic nitrogens is 3. The topological polar surface area (TPSA) is 142 Å². The molecule has 2 aliphatic rings. The van der Waals surface area contributed by atoms with E-state index in [0.29, 0.717) is 42.1 Å². The predicted molar refractivity (Wildman–Crippen MR) is 169 cm³/mol. The standard InChI is InChI=1S/C30H37F3N8O5S/c1-39(47(3,43)44)27-21(5-4-10-34-27)18-35-26-23(30(31,32)33)19-36-29(38-26)37-24-7-6-20(17-25(24)45-2)28(42)41-11-8-22(9-12-41)40-13-15-46-16-14-40/h4-7,10,17,19,22H,8-9,11-16,18H2,1-3H3,(H2,35,36,37,38). The van der Waals surface area contributed by atoms with E-state index < -0.39 is 27.6 Å². The van der Waals surface area contributed by atoms with Crippen LogP contribution in [0.3, 0.4) is 0 Å². The summed E-state index contributed by atoms with van der Waals surface area (Å²) in [6.45, 7) is 4.30. The van der Waals surface area contributed by atoms with Crippen LogP contribution in [0.5, 0.6) is 5.75 Å². The number of methoxy groups -OCH3 is 1. The molecular formula is C30H37F3N8O5S. The van der Waals surface area contributed by atoms with Gasteiger partial charge in [0.1, 0.15) is 22.9 Å². The first-order valence-corrected chi connectivity index (χ1v) is 16.8. The van der Waals surface area contributed by atoms with Crippen LogP contribution in [0, 0.1) is 0 Å². The molecule has 2 fully saturated rings. The third-order valence-electron chi connectivity index (χ3n) is 8.21. The van der Waals surface area contributed by atoms with E-state index in [-0.39, 0.29) is 30.0 Å². The fraction of sp³-hybridized carbons (Fsp3) is 0.467. The second-order valence-electron chi connectivity index (χ2n) is 11.2. The van der Waals surface area contributed by atoms with E-state index in [9.17, 15) is 26.4 Å². The molecule has 47 heavy (non-hydrogen) atoms. The SMILES string of the molecule is COc1cc(C(=O)N2CCC(N3CCOCC3)CC2)ccc1Nc1ncc(C(F)(F)F)c(NCc2cccnc2N(C)S(C)(=O)=O)n1. The van der Waals surface area contributed by atoms with Gasteiger partial charge < -0.3 is 25.0 Å². The lowest BCUT2D eigenvalue weighted by Gasteiger charge is -2.40. The first-order valence-electron chi connectivity index (χ1n) is 15.0. The first-order chi connectivity index (χ1) is 22.3. The number of sulfonamides is 1. The van der Waals surface area contributed by atoms with Crippen molar-refractivity contribution in [2.24, 2.45) is 0 Å². The number of morpholine rings is 1. The smallest absolute Gasteiger partial charge is 0.421 e. The summed E-state index contributed by atoms with van der Waals surface area (Å²) in [7, 11) is -0.956. The van der Waals surface area contributed by atoms with Crippen molar-refractivity contribution >= 4 is 39.2 Å². The van der Waals surface area contributed by atoms with Crippen molar-refractivity contribution in [3.63, 3.8) is 0 Å². The fourth-order valence-electron chi connectivity index (χ4n) is 5.58. The van der Waals surface area contributed by atoms with Crippen molar-refractivity contribution in [3.05, 3.63) is 59.4 Å². The molecule has 3 aromatic rings. The largest absolute Gasteiger partial charge is 0.495 e. The number of hydrogen-bond acceptors (Lipinski definition) is 11. The van der Waals surface area contributed by atoms with E-state index in [0.717, 1.165) is 49.7 Å². The highest BCUT2D eigenvalue weighted by Gasteiger charge is 2.35. The van der Waals surface area contributed by atoms with Crippen LogP contribution in [-0.4, -0.2) is 105 Å². The Morgan fingerprint density at radius 2 is 1.85 bits per heavy atom. The van der Waals surface area contributed by atoms with Gasteiger partial charge in [-0.3, -0.25) is 14.0 Å². The van der Waals surface area contributed by atoms with E-state index >= 15 is 0 Å². The molecule has 0 saturated carbocycles. The summed E-state index contributed by atoms with van der Waals surface area (Å²) in [6.07, 6.45) is -0.000519. The number of benzene rings is 1. The fourth-order valence-corrected chi connectivity index (χ4v) is 6.06. The molecule has 0 aliphatic carbocycles. The molecule has 13 nitrogen and oxygen atoms in total. The minimum Gasteiger partial charge on any atom is -0.495 e. The summed E-state index contributed by atoms with van der Waals surface area (Å²) < 4.78 is 77.7. The van der Waals surface area contributed by atoms with Crippen LogP contribution < -0.4 is 19.7 Å². The Morgan fingerprint density at radius 1 is 1.13 bits per heavy atom. The zero-order chi connectivity index (χ0) is 33.8. The highest BCUT2D eigenvalue weighted by atomic mass is 32.2. The number of carbonyl (C=O) groups excluding carboxylic acids is 1. The Kier molecular flexibility index (Phi) is 10.4. The summed E-state index contributed by atoms with van der Waals surface area (Å²) in [5.41, 5.74) is -0.0338. The number of nitrogens with one attached hydrogen (secondary N) is 2. The number of piperidine rings is 1. The van der Waals surface area contributed by atoms with Crippen LogP contribution in [0.4, 0.5) is 36.4 Å². The Balaban J connectivity index is 1.31. The molecule has 5 rings (SSSR count). The lowest BCUT2D eigenvalue weighted by molar-refractivity contribution is -0.137. The van der Waals surface area contributed by atoms with Crippen LogP contribution in [0.1, 0.15) is 34.3 Å². The summed E-state index contributed by atoms with van der Waals surface area (Å²) in [5, 5.41) is 5.54. The molecule has 0 bridgehead atoms. The molecule has 2 N–H and O–H groups in total. The monoisotopic (exact) mass is 678 g/mol. The molecule has 17 heteroatoms. The maximum absolute atomic E-state index is 13.9. The molecule has 1 amide bonds. The number of pyridine rings is 1. The lowest BCUT2D eigenvalue weighted by atomic mass is 10.0. The number of amides is 1. The molecule has 1 aromatic carbocycles. The number of nitrogens with zero attached hydrogens (tertiary/aromatic N) is 6. The van der Waals surface area contributed by atoms with Crippen molar-refractivity contribution in [2.75, 3.05) is 74.7 Å². The molecule has 2 aromatic heterocycles. The van der Waals surface area contributed by atoms with Crippen LogP contribution in [0.25, 0.3) is 0 Å². The normalized spacial score (nSPS) is 16.5. The molecule has 4 heterocycles. The number of halogens is 3. The Bertz CT molecular complexity index is 1680. The number of anilines is 4. The zero-order valence-corrected chi connectivity index (χ0v) is 27.1. The van der Waals surface area contributed by atoms with E-state index in [4.69, 9.17) is 9.47 Å². The van der Waals surface area contributed by atoms with E-state index in [1.54, 1.807) is 30.3 Å². The van der Waals surface area contributed by atoms with Crippen molar-refractivity contribution in [1.29, 1.82) is 0 Å². The first kappa shape index (κ1) is 34.1. The third kappa shape index (κ3) is 8.20. The van der Waals surface area contributed by atoms with Gasteiger partial charge in [0.25, 0.3) is 5.91 Å². The second kappa shape index (κ2) is 14.3. The minimum absolute atomic E-state index is 0.0595. The van der Waals surface area contributed by atoms with Gasteiger partial charge in [0, 0.05) is 69.3 Å². The maximum atomic E-state index is 13.9. The van der Waals surface area contributed by atoms with E-state index in [2.05, 4.69) is 30.5 Å². The number of alkyl halides is 3. The van der Waals surface area contributed by atoms with Crippen molar-refractivity contribution in [2.45, 2.75) is 31.6 Å². The zero-order valence-electron chi connectivity index (χ0n) is 26.2. The van der Waals surface area contributed by atoms with E-state index in [1.807, 2.05) is 4.90 Å². The predicted octanol–water partition coefficient (Wildman–Crippen LogP) is 3.59. The minimum atomic E-state index is -4.78. The highest BCUT2D eigenvalue weighted by Crippen LogP contribution is 2.35. The number of carbonyl (C=O) groups is 1. The molecule has 0 radical (unpaired) electrons. The Morgan fingerprint density at radius 3 is 2.51 bits per heavy atom. The molecule has 2 saturated heterocycles. The van der Waals surface area contributed by atoms with Crippen LogP contribution in [-0.2, 0) is 27.5 Å². The van der Waals surface area contributed by atoms with Gasteiger partial charge in [-0.2, -0.15) is 18.2 Å². The summed E-state index contributed by atoms with van der Waals surface area (Å²) in [4.78, 5) is 29.6. The maximum Gasteiger partial charge on any atom is 0.421 e. The van der Waals surface area contributed by atoms with Gasteiger partial charge in [-0.05, 0) is 37.1 Å². The van der Waals surface area contributed by atoms with Gasteiger partial charge >= 0.3 is 6.18 Å². The average Bonchev–Trinajstić information content (AvgIpc) is 3.06. The van der Waals surface area contributed by atoms with Crippen LogP contribution in [0.2, 0.25) is 0 Å². The van der Waals surface area contributed by atoms with E-state index in [1.165, 1.54) is 20.4 Å².